The summed E-state index contributed by atoms with van der Waals surface area (Å²) in [5.41, 5.74) is 2.70. The lowest BCUT2D eigenvalue weighted by Crippen LogP contribution is -2.23. The highest BCUT2D eigenvalue weighted by Gasteiger charge is 2.16. The Hall–Kier alpha value is -3.45. The Morgan fingerprint density at radius 2 is 1.81 bits per heavy atom. The van der Waals surface area contributed by atoms with Gasteiger partial charge in [-0.25, -0.2) is 4.98 Å². The van der Waals surface area contributed by atoms with E-state index in [1.54, 1.807) is 0 Å². The zero-order chi connectivity index (χ0) is 18.6. The molecular weight excluding hydrogens is 340 g/mol. The van der Waals surface area contributed by atoms with E-state index in [2.05, 4.69) is 15.5 Å². The Morgan fingerprint density at radius 3 is 2.56 bits per heavy atom. The van der Waals surface area contributed by atoms with E-state index < -0.39 is 0 Å². The number of aryl methyl sites for hydroxylation is 1. The SMILES string of the molecule is Cc1cc(Nc2nc(N(CCO)c3ccccc3)nc3ccccc23)n[nH]1. The summed E-state index contributed by atoms with van der Waals surface area (Å²) in [6.07, 6.45) is 0. The predicted molar refractivity (Wildman–Crippen MR) is 107 cm³/mol. The molecule has 0 fully saturated rings. The second-order valence-electron chi connectivity index (χ2n) is 6.16. The second kappa shape index (κ2) is 7.43. The smallest absolute Gasteiger partial charge is 0.232 e. The van der Waals surface area contributed by atoms with Gasteiger partial charge in [0.1, 0.15) is 5.82 Å². The minimum Gasteiger partial charge on any atom is -0.395 e. The molecule has 2 aromatic heterocycles. The van der Waals surface area contributed by atoms with Crippen LogP contribution in [-0.2, 0) is 0 Å². The van der Waals surface area contributed by atoms with Crippen molar-refractivity contribution in [2.75, 3.05) is 23.4 Å². The minimum absolute atomic E-state index is 0.00754. The largest absolute Gasteiger partial charge is 0.395 e. The number of hydrogen-bond acceptors (Lipinski definition) is 6. The van der Waals surface area contributed by atoms with E-state index in [0.29, 0.717) is 24.1 Å². The molecule has 0 aliphatic carbocycles. The Balaban J connectivity index is 1.82. The van der Waals surface area contributed by atoms with Gasteiger partial charge in [-0.3, -0.25) is 5.10 Å². The van der Waals surface area contributed by atoms with Crippen LogP contribution < -0.4 is 10.2 Å². The molecule has 4 rings (SSSR count). The third kappa shape index (κ3) is 3.58. The molecule has 7 nitrogen and oxygen atoms in total. The third-order valence-electron chi connectivity index (χ3n) is 4.18. The number of hydrogen-bond donors (Lipinski definition) is 3. The van der Waals surface area contributed by atoms with Crippen molar-refractivity contribution < 1.29 is 5.11 Å². The number of aromatic nitrogens is 4. The number of rotatable bonds is 6. The number of aliphatic hydroxyl groups is 1. The maximum Gasteiger partial charge on any atom is 0.232 e. The topological polar surface area (TPSA) is 90.0 Å². The van der Waals surface area contributed by atoms with Crippen LogP contribution in [0.4, 0.5) is 23.3 Å². The fraction of sp³-hybridized carbons (Fsp3) is 0.150. The monoisotopic (exact) mass is 360 g/mol. The van der Waals surface area contributed by atoms with Crippen molar-refractivity contribution in [3.05, 3.63) is 66.4 Å². The molecule has 0 bridgehead atoms. The van der Waals surface area contributed by atoms with Crippen LogP contribution in [0.5, 0.6) is 0 Å². The van der Waals surface area contributed by atoms with Gasteiger partial charge in [0.2, 0.25) is 5.95 Å². The van der Waals surface area contributed by atoms with Crippen molar-refractivity contribution in [3.63, 3.8) is 0 Å². The van der Waals surface area contributed by atoms with Crippen molar-refractivity contribution in [2.45, 2.75) is 6.92 Å². The molecule has 0 aliphatic rings. The molecule has 0 aliphatic heterocycles. The minimum atomic E-state index is -0.00754. The number of H-pyrrole nitrogens is 1. The summed E-state index contributed by atoms with van der Waals surface area (Å²) >= 11 is 0. The first-order valence-corrected chi connectivity index (χ1v) is 8.74. The zero-order valence-electron chi connectivity index (χ0n) is 14.9. The van der Waals surface area contributed by atoms with Crippen LogP contribution in [-0.4, -0.2) is 38.4 Å². The fourth-order valence-electron chi connectivity index (χ4n) is 2.94. The van der Waals surface area contributed by atoms with E-state index in [-0.39, 0.29) is 6.61 Å². The van der Waals surface area contributed by atoms with Crippen LogP contribution >= 0.6 is 0 Å². The van der Waals surface area contributed by atoms with Gasteiger partial charge in [-0.05, 0) is 31.2 Å². The summed E-state index contributed by atoms with van der Waals surface area (Å²) in [6, 6.07) is 19.5. The summed E-state index contributed by atoms with van der Waals surface area (Å²) < 4.78 is 0. The van der Waals surface area contributed by atoms with Gasteiger partial charge in [-0.15, -0.1) is 0 Å². The number of nitrogens with zero attached hydrogens (tertiary/aromatic N) is 4. The molecule has 2 heterocycles. The standard InChI is InChI=1S/C20H20N6O/c1-14-13-18(25-24-14)22-19-16-9-5-6-10-17(16)21-20(23-19)26(11-12-27)15-7-3-2-4-8-15/h2-10,13,27H,11-12H2,1H3,(H2,21,22,23,24,25). The van der Waals surface area contributed by atoms with Crippen molar-refractivity contribution in [3.8, 4) is 0 Å². The first-order chi connectivity index (χ1) is 13.2. The molecule has 4 aromatic rings. The molecule has 0 spiro atoms. The van der Waals surface area contributed by atoms with Crippen LogP contribution in [0.2, 0.25) is 0 Å². The molecule has 0 amide bonds. The maximum atomic E-state index is 9.55. The summed E-state index contributed by atoms with van der Waals surface area (Å²) in [7, 11) is 0. The summed E-state index contributed by atoms with van der Waals surface area (Å²) in [4.78, 5) is 11.3. The summed E-state index contributed by atoms with van der Waals surface area (Å²) in [6.45, 7) is 2.33. The van der Waals surface area contributed by atoms with Crippen LogP contribution in [0.3, 0.4) is 0 Å². The molecule has 136 valence electrons. The fourth-order valence-corrected chi connectivity index (χ4v) is 2.94. The van der Waals surface area contributed by atoms with Crippen LogP contribution in [0, 0.1) is 6.92 Å². The Bertz CT molecular complexity index is 1050. The van der Waals surface area contributed by atoms with E-state index in [1.807, 2.05) is 72.5 Å². The molecule has 0 saturated carbocycles. The summed E-state index contributed by atoms with van der Waals surface area (Å²) in [5, 5.41) is 20.9. The average Bonchev–Trinajstić information content (AvgIpc) is 3.11. The second-order valence-corrected chi connectivity index (χ2v) is 6.16. The lowest BCUT2D eigenvalue weighted by Gasteiger charge is -2.23. The predicted octanol–water partition coefficient (Wildman–Crippen LogP) is 3.54. The highest BCUT2D eigenvalue weighted by molar-refractivity contribution is 5.91. The molecular formula is C20H20N6O. The number of benzene rings is 2. The van der Waals surface area contributed by atoms with Gasteiger partial charge in [0.15, 0.2) is 5.82 Å². The van der Waals surface area contributed by atoms with E-state index >= 15 is 0 Å². The number of aromatic amines is 1. The molecule has 2 aromatic carbocycles. The van der Waals surface area contributed by atoms with Gasteiger partial charge in [-0.1, -0.05) is 30.3 Å². The van der Waals surface area contributed by atoms with E-state index in [9.17, 15) is 5.11 Å². The average molecular weight is 360 g/mol. The van der Waals surface area contributed by atoms with Crippen LogP contribution in [0.15, 0.2) is 60.7 Å². The number of aliphatic hydroxyl groups excluding tert-OH is 1. The number of nitrogens with one attached hydrogen (secondary N) is 2. The van der Waals surface area contributed by atoms with E-state index in [0.717, 1.165) is 22.3 Å². The zero-order valence-corrected chi connectivity index (χ0v) is 14.9. The van der Waals surface area contributed by atoms with Gasteiger partial charge in [0.25, 0.3) is 0 Å². The molecule has 0 unspecified atom stereocenters. The van der Waals surface area contributed by atoms with Crippen molar-refractivity contribution in [1.82, 2.24) is 20.2 Å². The van der Waals surface area contributed by atoms with Gasteiger partial charge in [0, 0.05) is 29.4 Å². The number of fused-ring (bicyclic) bond motifs is 1. The van der Waals surface area contributed by atoms with Gasteiger partial charge in [0.05, 0.1) is 12.1 Å². The third-order valence-corrected chi connectivity index (χ3v) is 4.18. The van der Waals surface area contributed by atoms with E-state index in [4.69, 9.17) is 9.97 Å². The Labute approximate surface area is 156 Å². The summed E-state index contributed by atoms with van der Waals surface area (Å²) in [5.74, 6) is 1.88. The van der Waals surface area contributed by atoms with Gasteiger partial charge < -0.3 is 15.3 Å². The van der Waals surface area contributed by atoms with E-state index in [1.165, 1.54) is 0 Å². The lowest BCUT2D eigenvalue weighted by atomic mass is 10.2. The molecule has 0 atom stereocenters. The van der Waals surface area contributed by atoms with Gasteiger partial charge in [-0.2, -0.15) is 10.1 Å². The van der Waals surface area contributed by atoms with Crippen molar-refractivity contribution in [2.24, 2.45) is 0 Å². The highest BCUT2D eigenvalue weighted by Crippen LogP contribution is 2.29. The highest BCUT2D eigenvalue weighted by atomic mass is 16.3. The van der Waals surface area contributed by atoms with Crippen LogP contribution in [0.25, 0.3) is 10.9 Å². The maximum absolute atomic E-state index is 9.55. The molecule has 7 heteroatoms. The normalized spacial score (nSPS) is 10.9. The Morgan fingerprint density at radius 1 is 1.04 bits per heavy atom. The Kier molecular flexibility index (Phi) is 4.67. The quantitative estimate of drug-likeness (QED) is 0.487. The molecule has 27 heavy (non-hydrogen) atoms. The van der Waals surface area contributed by atoms with Crippen LogP contribution in [0.1, 0.15) is 5.69 Å². The first-order valence-electron chi connectivity index (χ1n) is 8.74. The number of para-hydroxylation sites is 2. The van der Waals surface area contributed by atoms with Gasteiger partial charge >= 0.3 is 0 Å². The van der Waals surface area contributed by atoms with Crippen molar-refractivity contribution >= 4 is 34.2 Å². The molecule has 3 N–H and O–H groups in total. The lowest BCUT2D eigenvalue weighted by molar-refractivity contribution is 0.305. The molecule has 0 saturated heterocycles. The van der Waals surface area contributed by atoms with Crippen molar-refractivity contribution in [1.29, 1.82) is 0 Å². The first kappa shape index (κ1) is 17.0. The molecule has 0 radical (unpaired) electrons. The number of anilines is 4.